The van der Waals surface area contributed by atoms with Gasteiger partial charge in [-0.1, -0.05) is 93.6 Å². The summed E-state index contributed by atoms with van der Waals surface area (Å²) in [5.41, 5.74) is 6.40. The molecular weight excluding hydrogens is 406 g/mol. The van der Waals surface area contributed by atoms with Crippen LogP contribution in [0, 0.1) is 6.92 Å². The summed E-state index contributed by atoms with van der Waals surface area (Å²) in [6.07, 6.45) is 0.805. The zero-order valence-electron chi connectivity index (χ0n) is 19.7. The summed E-state index contributed by atoms with van der Waals surface area (Å²) in [6.45, 7) is 8.43. The first-order valence-electron chi connectivity index (χ1n) is 11.6. The molecule has 33 heavy (non-hydrogen) atoms. The molecule has 0 aliphatic carbocycles. The van der Waals surface area contributed by atoms with E-state index in [9.17, 15) is 4.79 Å². The van der Waals surface area contributed by atoms with Crippen LogP contribution in [-0.4, -0.2) is 15.7 Å². The van der Waals surface area contributed by atoms with Gasteiger partial charge in [0.2, 0.25) is 0 Å². The lowest BCUT2D eigenvalue weighted by atomic mass is 9.97. The van der Waals surface area contributed by atoms with Crippen LogP contribution in [0.1, 0.15) is 66.3 Å². The van der Waals surface area contributed by atoms with Crippen molar-refractivity contribution in [2.45, 2.75) is 46.1 Å². The maximum absolute atomic E-state index is 13.7. The zero-order valence-corrected chi connectivity index (χ0v) is 19.7. The lowest BCUT2D eigenvalue weighted by Crippen LogP contribution is -2.29. The fourth-order valence-corrected chi connectivity index (χ4v) is 4.16. The van der Waals surface area contributed by atoms with Gasteiger partial charge in [0.15, 0.2) is 0 Å². The van der Waals surface area contributed by atoms with Gasteiger partial charge in [-0.2, -0.15) is 5.10 Å². The molecule has 1 amide bonds. The number of nitrogens with zero attached hydrogens (tertiary/aromatic N) is 2. The Labute approximate surface area is 196 Å². The van der Waals surface area contributed by atoms with Gasteiger partial charge in [-0.25, -0.2) is 4.68 Å². The van der Waals surface area contributed by atoms with Gasteiger partial charge in [-0.05, 0) is 42.5 Å². The highest BCUT2D eigenvalue weighted by Crippen LogP contribution is 2.29. The van der Waals surface area contributed by atoms with E-state index in [4.69, 9.17) is 5.10 Å². The first-order valence-corrected chi connectivity index (χ1v) is 11.6. The standard InChI is InChI=1S/C29H31N3O/c1-5-26(23-18-16-22(17-19-23)20(2)3)30-29(33)27-21(4)32(25-14-10-7-11-15-25)31-28(27)24-12-8-6-9-13-24/h6-20,26H,5H2,1-4H3,(H,30,33)/t26-/m1/s1. The molecule has 1 N–H and O–H groups in total. The number of para-hydroxylation sites is 1. The second-order valence-corrected chi connectivity index (χ2v) is 8.68. The largest absolute Gasteiger partial charge is 0.345 e. The minimum Gasteiger partial charge on any atom is -0.345 e. The molecule has 0 saturated carbocycles. The number of hydrogen-bond acceptors (Lipinski definition) is 2. The zero-order chi connectivity index (χ0) is 23.4. The quantitative estimate of drug-likeness (QED) is 0.344. The van der Waals surface area contributed by atoms with Gasteiger partial charge in [0.1, 0.15) is 5.69 Å². The summed E-state index contributed by atoms with van der Waals surface area (Å²) in [5, 5.41) is 8.14. The fourth-order valence-electron chi connectivity index (χ4n) is 4.16. The Morgan fingerprint density at radius 1 is 0.879 bits per heavy atom. The first kappa shape index (κ1) is 22.5. The summed E-state index contributed by atoms with van der Waals surface area (Å²) in [6, 6.07) is 28.3. The van der Waals surface area contributed by atoms with Gasteiger partial charge in [-0.15, -0.1) is 0 Å². The number of rotatable bonds is 7. The van der Waals surface area contributed by atoms with Gasteiger partial charge >= 0.3 is 0 Å². The fraction of sp³-hybridized carbons (Fsp3) is 0.241. The Kier molecular flexibility index (Phi) is 6.74. The van der Waals surface area contributed by atoms with Gasteiger partial charge in [0.05, 0.1) is 23.0 Å². The van der Waals surface area contributed by atoms with E-state index >= 15 is 0 Å². The van der Waals surface area contributed by atoms with E-state index in [0.29, 0.717) is 17.2 Å². The molecule has 0 fully saturated rings. The molecule has 168 valence electrons. The molecule has 0 spiro atoms. The SMILES string of the molecule is CC[C@@H](NC(=O)c1c(-c2ccccc2)nn(-c2ccccc2)c1C)c1ccc(C(C)C)cc1. The van der Waals surface area contributed by atoms with Crippen molar-refractivity contribution in [3.63, 3.8) is 0 Å². The summed E-state index contributed by atoms with van der Waals surface area (Å²) in [5.74, 6) is 0.377. The summed E-state index contributed by atoms with van der Waals surface area (Å²) in [4.78, 5) is 13.7. The van der Waals surface area contributed by atoms with Crippen molar-refractivity contribution in [3.05, 3.63) is 107 Å². The maximum Gasteiger partial charge on any atom is 0.255 e. The molecule has 0 bridgehead atoms. The highest BCUT2D eigenvalue weighted by molar-refractivity contribution is 6.01. The Bertz CT molecular complexity index is 1210. The molecule has 4 heteroatoms. The number of amides is 1. The lowest BCUT2D eigenvalue weighted by Gasteiger charge is -2.19. The molecule has 0 saturated heterocycles. The molecule has 4 nitrogen and oxygen atoms in total. The molecule has 0 unspecified atom stereocenters. The molecule has 0 aliphatic rings. The van der Waals surface area contributed by atoms with Crippen molar-refractivity contribution in [2.75, 3.05) is 0 Å². The van der Waals surface area contributed by atoms with E-state index in [2.05, 4.69) is 50.4 Å². The third-order valence-electron chi connectivity index (χ3n) is 6.11. The van der Waals surface area contributed by atoms with Crippen molar-refractivity contribution in [1.29, 1.82) is 0 Å². The van der Waals surface area contributed by atoms with Gasteiger partial charge in [-0.3, -0.25) is 4.79 Å². The molecular formula is C29H31N3O. The minimum absolute atomic E-state index is 0.0678. The van der Waals surface area contributed by atoms with Crippen LogP contribution in [0.2, 0.25) is 0 Å². The van der Waals surface area contributed by atoms with E-state index in [1.165, 1.54) is 5.56 Å². The predicted molar refractivity (Wildman–Crippen MR) is 135 cm³/mol. The van der Waals surface area contributed by atoms with Crippen molar-refractivity contribution in [3.8, 4) is 16.9 Å². The van der Waals surface area contributed by atoms with Gasteiger partial charge < -0.3 is 5.32 Å². The van der Waals surface area contributed by atoms with Crippen LogP contribution >= 0.6 is 0 Å². The van der Waals surface area contributed by atoms with E-state index in [1.807, 2.05) is 72.3 Å². The third-order valence-corrected chi connectivity index (χ3v) is 6.11. The summed E-state index contributed by atoms with van der Waals surface area (Å²) in [7, 11) is 0. The first-order chi connectivity index (χ1) is 16.0. The molecule has 0 aliphatic heterocycles. The number of benzene rings is 3. The Morgan fingerprint density at radius 2 is 1.45 bits per heavy atom. The average molecular weight is 438 g/mol. The maximum atomic E-state index is 13.7. The van der Waals surface area contributed by atoms with Crippen LogP contribution in [0.25, 0.3) is 16.9 Å². The lowest BCUT2D eigenvalue weighted by molar-refractivity contribution is 0.0935. The van der Waals surface area contributed by atoms with Crippen molar-refractivity contribution in [1.82, 2.24) is 15.1 Å². The van der Waals surface area contributed by atoms with E-state index in [1.54, 1.807) is 0 Å². The smallest absolute Gasteiger partial charge is 0.255 e. The van der Waals surface area contributed by atoms with Crippen LogP contribution in [0.4, 0.5) is 0 Å². The van der Waals surface area contributed by atoms with E-state index in [0.717, 1.165) is 28.9 Å². The highest BCUT2D eigenvalue weighted by atomic mass is 16.1. The molecule has 3 aromatic carbocycles. The highest BCUT2D eigenvalue weighted by Gasteiger charge is 2.25. The van der Waals surface area contributed by atoms with E-state index < -0.39 is 0 Å². The van der Waals surface area contributed by atoms with Crippen molar-refractivity contribution >= 4 is 5.91 Å². The Hall–Kier alpha value is -3.66. The van der Waals surface area contributed by atoms with Crippen LogP contribution in [0.15, 0.2) is 84.9 Å². The summed E-state index contributed by atoms with van der Waals surface area (Å²) >= 11 is 0. The van der Waals surface area contributed by atoms with Crippen LogP contribution in [0.3, 0.4) is 0 Å². The normalized spacial score (nSPS) is 12.0. The van der Waals surface area contributed by atoms with Crippen molar-refractivity contribution in [2.24, 2.45) is 0 Å². The number of nitrogens with one attached hydrogen (secondary N) is 1. The molecule has 4 aromatic rings. The van der Waals surface area contributed by atoms with Crippen molar-refractivity contribution < 1.29 is 4.79 Å². The molecule has 1 atom stereocenters. The number of hydrogen-bond donors (Lipinski definition) is 1. The molecule has 4 rings (SSSR count). The van der Waals surface area contributed by atoms with Gasteiger partial charge in [0.25, 0.3) is 5.91 Å². The Morgan fingerprint density at radius 3 is 2.03 bits per heavy atom. The van der Waals surface area contributed by atoms with E-state index in [-0.39, 0.29) is 11.9 Å². The summed E-state index contributed by atoms with van der Waals surface area (Å²) < 4.78 is 1.86. The second kappa shape index (κ2) is 9.86. The van der Waals surface area contributed by atoms with Gasteiger partial charge in [0, 0.05) is 5.56 Å². The minimum atomic E-state index is -0.103. The average Bonchev–Trinajstić information content (AvgIpc) is 3.20. The Balaban J connectivity index is 1.72. The predicted octanol–water partition coefficient (Wildman–Crippen LogP) is 6.85. The second-order valence-electron chi connectivity index (χ2n) is 8.68. The molecule has 1 heterocycles. The number of carbonyl (C=O) groups excluding carboxylic acids is 1. The van der Waals surface area contributed by atoms with Crippen LogP contribution in [-0.2, 0) is 0 Å². The third kappa shape index (κ3) is 4.75. The molecule has 1 aromatic heterocycles. The monoisotopic (exact) mass is 437 g/mol. The van der Waals surface area contributed by atoms with Crippen LogP contribution < -0.4 is 5.32 Å². The molecule has 0 radical (unpaired) electrons. The number of aromatic nitrogens is 2. The topological polar surface area (TPSA) is 46.9 Å². The number of carbonyl (C=O) groups is 1. The van der Waals surface area contributed by atoms with Crippen LogP contribution in [0.5, 0.6) is 0 Å².